The minimum atomic E-state index is -0.663. The van der Waals surface area contributed by atoms with E-state index in [1.54, 1.807) is 36.4 Å². The van der Waals surface area contributed by atoms with Gasteiger partial charge in [-0.2, -0.15) is 0 Å². The standard InChI is InChI=1S/C21H20O6.2C10H20O2/c1-26-20-11-14(5-9-18(20)24)3-7-16(22)13-17(23)8-4-15-6-10-19(25)21(12-15)27-2;2*1-2-3-4-5-6-7-8-9-10(11)12/h3-12,24-25H,13H2,1-2H3;2*2-9H2,1H3,(H,11,12)/b7-3+,8-4+;;. The van der Waals surface area contributed by atoms with Crippen LogP contribution in [-0.4, -0.2) is 58.2 Å². The number of ether oxygens (including phenoxy) is 2. The van der Waals surface area contributed by atoms with Crippen molar-refractivity contribution < 1.29 is 49.1 Å². The zero-order valence-electron chi connectivity index (χ0n) is 31.0. The summed E-state index contributed by atoms with van der Waals surface area (Å²) in [6.07, 6.45) is 22.7. The minimum Gasteiger partial charge on any atom is -0.504 e. The number of rotatable bonds is 24. The maximum atomic E-state index is 11.9. The lowest BCUT2D eigenvalue weighted by molar-refractivity contribution is -0.138. The van der Waals surface area contributed by atoms with Crippen molar-refractivity contribution in [1.29, 1.82) is 0 Å². The summed E-state index contributed by atoms with van der Waals surface area (Å²) in [5.74, 6) is -1.41. The fourth-order valence-electron chi connectivity index (χ4n) is 4.73. The summed E-state index contributed by atoms with van der Waals surface area (Å²) >= 11 is 0. The van der Waals surface area contributed by atoms with E-state index in [-0.39, 0.29) is 29.5 Å². The van der Waals surface area contributed by atoms with Crippen molar-refractivity contribution in [2.75, 3.05) is 14.2 Å². The SMILES string of the molecule is CCCCCCCCCC(=O)O.CCCCCCCCCC(=O)O.COc1cc(/C=C/C(=O)CC(=O)/C=C/c2ccc(O)c(OC)c2)ccc1O. The van der Waals surface area contributed by atoms with E-state index in [1.165, 1.54) is 103 Å². The van der Waals surface area contributed by atoms with Crippen LogP contribution in [0.1, 0.15) is 134 Å². The molecule has 0 aromatic heterocycles. The molecule has 2 aromatic carbocycles. The molecule has 2 rings (SSSR count). The highest BCUT2D eigenvalue weighted by molar-refractivity contribution is 6.10. The molecule has 4 N–H and O–H groups in total. The Balaban J connectivity index is 0.000000865. The van der Waals surface area contributed by atoms with Crippen LogP contribution in [-0.2, 0) is 19.2 Å². The minimum absolute atomic E-state index is 0.00662. The van der Waals surface area contributed by atoms with Gasteiger partial charge in [-0.25, -0.2) is 0 Å². The Morgan fingerprint density at radius 1 is 0.549 bits per heavy atom. The van der Waals surface area contributed by atoms with Gasteiger partial charge in [0.1, 0.15) is 0 Å². The topological polar surface area (TPSA) is 168 Å². The van der Waals surface area contributed by atoms with E-state index in [0.29, 0.717) is 35.5 Å². The third kappa shape index (κ3) is 26.0. The highest BCUT2D eigenvalue weighted by Crippen LogP contribution is 2.27. The van der Waals surface area contributed by atoms with Crippen molar-refractivity contribution in [2.24, 2.45) is 0 Å². The van der Waals surface area contributed by atoms with Gasteiger partial charge in [0.2, 0.25) is 0 Å². The van der Waals surface area contributed by atoms with Crippen LogP contribution in [0.2, 0.25) is 0 Å². The summed E-state index contributed by atoms with van der Waals surface area (Å²) in [7, 11) is 2.87. The first kappa shape index (κ1) is 46.4. The summed E-state index contributed by atoms with van der Waals surface area (Å²) < 4.78 is 10.00. The number of carbonyl (C=O) groups is 4. The fourth-order valence-corrected chi connectivity index (χ4v) is 4.73. The Morgan fingerprint density at radius 2 is 0.882 bits per heavy atom. The molecule has 2 aromatic rings. The Morgan fingerprint density at radius 3 is 1.20 bits per heavy atom. The van der Waals surface area contributed by atoms with E-state index in [2.05, 4.69) is 13.8 Å². The number of carboxylic acids is 2. The third-order valence-corrected chi connectivity index (χ3v) is 7.67. The number of aliphatic carboxylic acids is 2. The number of hydrogen-bond donors (Lipinski definition) is 4. The first-order valence-electron chi connectivity index (χ1n) is 18.1. The number of hydrogen-bond acceptors (Lipinski definition) is 8. The van der Waals surface area contributed by atoms with E-state index in [1.807, 2.05) is 0 Å². The number of methoxy groups -OCH3 is 2. The molecule has 51 heavy (non-hydrogen) atoms. The second-order valence-corrected chi connectivity index (χ2v) is 12.2. The molecule has 0 aliphatic carbocycles. The van der Waals surface area contributed by atoms with Crippen molar-refractivity contribution in [2.45, 2.75) is 123 Å². The van der Waals surface area contributed by atoms with Crippen LogP contribution in [0.25, 0.3) is 12.2 Å². The summed E-state index contributed by atoms with van der Waals surface area (Å²) in [4.78, 5) is 44.1. The number of unbranched alkanes of at least 4 members (excludes halogenated alkanes) is 12. The van der Waals surface area contributed by atoms with Crippen LogP contribution >= 0.6 is 0 Å². The van der Waals surface area contributed by atoms with Gasteiger partial charge in [0.15, 0.2) is 34.6 Å². The van der Waals surface area contributed by atoms with Crippen LogP contribution in [0.3, 0.4) is 0 Å². The predicted octanol–water partition coefficient (Wildman–Crippen LogP) is 9.79. The quantitative estimate of drug-likeness (QED) is 0.0467. The highest BCUT2D eigenvalue weighted by atomic mass is 16.5. The fraction of sp³-hybridized carbons (Fsp3) is 0.512. The Kier molecular flexibility index (Phi) is 27.5. The number of carbonyl (C=O) groups excluding carboxylic acids is 2. The Hall–Kier alpha value is -4.60. The van der Waals surface area contributed by atoms with Crippen molar-refractivity contribution in [3.05, 3.63) is 59.7 Å². The molecule has 0 radical (unpaired) electrons. The van der Waals surface area contributed by atoms with Gasteiger partial charge >= 0.3 is 11.9 Å². The Bertz CT molecular complexity index is 1240. The first-order chi connectivity index (χ1) is 24.5. The van der Waals surface area contributed by atoms with E-state index in [4.69, 9.17) is 19.7 Å². The van der Waals surface area contributed by atoms with Gasteiger partial charge in [0, 0.05) is 12.8 Å². The molecule has 0 heterocycles. The molecule has 0 atom stereocenters. The first-order valence-corrected chi connectivity index (χ1v) is 18.1. The average molecular weight is 713 g/mol. The zero-order valence-corrected chi connectivity index (χ0v) is 31.0. The van der Waals surface area contributed by atoms with E-state index >= 15 is 0 Å². The third-order valence-electron chi connectivity index (χ3n) is 7.67. The molecular formula is C41H60O10. The number of benzene rings is 2. The number of phenols is 2. The number of ketones is 2. The van der Waals surface area contributed by atoms with Crippen molar-refractivity contribution in [1.82, 2.24) is 0 Å². The lowest BCUT2D eigenvalue weighted by Crippen LogP contribution is -2.01. The smallest absolute Gasteiger partial charge is 0.303 e. The largest absolute Gasteiger partial charge is 0.504 e. The van der Waals surface area contributed by atoms with Gasteiger partial charge in [-0.05, 0) is 60.4 Å². The van der Waals surface area contributed by atoms with Gasteiger partial charge in [-0.1, -0.05) is 115 Å². The summed E-state index contributed by atoms with van der Waals surface area (Å²) in [5, 5.41) is 35.8. The Labute approximate surface area is 304 Å². The second kappa shape index (κ2) is 30.2. The lowest BCUT2D eigenvalue weighted by atomic mass is 10.1. The molecule has 10 heteroatoms. The normalized spacial score (nSPS) is 10.6. The summed E-state index contributed by atoms with van der Waals surface area (Å²) in [5.41, 5.74) is 1.33. The molecule has 0 aliphatic heterocycles. The molecule has 0 saturated heterocycles. The van der Waals surface area contributed by atoms with Gasteiger partial charge < -0.3 is 29.9 Å². The molecule has 0 fully saturated rings. The molecule has 0 bridgehead atoms. The predicted molar refractivity (Wildman–Crippen MR) is 203 cm³/mol. The maximum Gasteiger partial charge on any atom is 0.303 e. The molecule has 284 valence electrons. The molecule has 0 unspecified atom stereocenters. The van der Waals surface area contributed by atoms with Crippen molar-refractivity contribution >= 4 is 35.7 Å². The average Bonchev–Trinajstić information content (AvgIpc) is 3.10. The summed E-state index contributed by atoms with van der Waals surface area (Å²) in [6, 6.07) is 9.34. The molecule has 10 nitrogen and oxygen atoms in total. The summed E-state index contributed by atoms with van der Waals surface area (Å²) in [6.45, 7) is 4.40. The highest BCUT2D eigenvalue weighted by Gasteiger charge is 2.06. The number of aromatic hydroxyl groups is 2. The molecule has 0 spiro atoms. The zero-order chi connectivity index (χ0) is 38.3. The number of carboxylic acid groups (broad SMARTS) is 2. The van der Waals surface area contributed by atoms with E-state index < -0.39 is 11.9 Å². The number of phenolic OH excluding ortho intramolecular Hbond substituents is 2. The molecule has 0 saturated carbocycles. The van der Waals surface area contributed by atoms with E-state index in [0.717, 1.165) is 25.7 Å². The maximum absolute atomic E-state index is 11.9. The van der Waals surface area contributed by atoms with E-state index in [9.17, 15) is 29.4 Å². The molecule has 0 aliphatic rings. The number of allylic oxidation sites excluding steroid dienone is 2. The lowest BCUT2D eigenvalue weighted by Gasteiger charge is -2.03. The van der Waals surface area contributed by atoms with Crippen LogP contribution in [0.5, 0.6) is 23.0 Å². The monoisotopic (exact) mass is 712 g/mol. The van der Waals surface area contributed by atoms with Crippen LogP contribution in [0.4, 0.5) is 0 Å². The van der Waals surface area contributed by atoms with Crippen LogP contribution in [0.15, 0.2) is 48.6 Å². The molecular weight excluding hydrogens is 652 g/mol. The molecule has 0 amide bonds. The van der Waals surface area contributed by atoms with Crippen LogP contribution in [0, 0.1) is 0 Å². The van der Waals surface area contributed by atoms with Crippen LogP contribution < -0.4 is 9.47 Å². The van der Waals surface area contributed by atoms with Gasteiger partial charge in [0.05, 0.1) is 20.6 Å². The van der Waals surface area contributed by atoms with Crippen molar-refractivity contribution in [3.8, 4) is 23.0 Å². The van der Waals surface area contributed by atoms with Crippen molar-refractivity contribution in [3.63, 3.8) is 0 Å². The van der Waals surface area contributed by atoms with Gasteiger partial charge in [-0.15, -0.1) is 0 Å². The second-order valence-electron chi connectivity index (χ2n) is 12.2. The van der Waals surface area contributed by atoms with Gasteiger partial charge in [-0.3, -0.25) is 19.2 Å². The van der Waals surface area contributed by atoms with Gasteiger partial charge in [0.25, 0.3) is 0 Å².